The van der Waals surface area contributed by atoms with Gasteiger partial charge in [0.25, 0.3) is 0 Å². The van der Waals surface area contributed by atoms with Crippen molar-refractivity contribution in [3.63, 3.8) is 0 Å². The smallest absolute Gasteiger partial charge is 0.247 e. The van der Waals surface area contributed by atoms with Gasteiger partial charge in [-0.25, -0.2) is 4.39 Å². The molecule has 1 amide bonds. The first-order valence-corrected chi connectivity index (χ1v) is 9.16. The van der Waals surface area contributed by atoms with Gasteiger partial charge in [-0.05, 0) is 35.4 Å². The van der Waals surface area contributed by atoms with Crippen LogP contribution in [0.1, 0.15) is 23.1 Å². The molecule has 5 nitrogen and oxygen atoms in total. The van der Waals surface area contributed by atoms with Crippen molar-refractivity contribution in [2.75, 3.05) is 0 Å². The van der Waals surface area contributed by atoms with Gasteiger partial charge < -0.3 is 9.73 Å². The molecule has 0 saturated heterocycles. The molecule has 1 atom stereocenters. The lowest BCUT2D eigenvalue weighted by molar-refractivity contribution is -0.121. The van der Waals surface area contributed by atoms with Crippen LogP contribution in [0.3, 0.4) is 0 Å². The fourth-order valence-electron chi connectivity index (χ4n) is 2.98. The van der Waals surface area contributed by atoms with E-state index >= 15 is 0 Å². The SMILES string of the molecule is O=C(Cc1ccc(F)cc1)N[C@H](c1ccccc1)c1nnc(-c2ccccc2)o1. The number of aromatic nitrogens is 2. The molecule has 3 aromatic carbocycles. The maximum absolute atomic E-state index is 13.1. The number of amides is 1. The molecular weight excluding hydrogens is 369 g/mol. The second-order valence-corrected chi connectivity index (χ2v) is 6.53. The summed E-state index contributed by atoms with van der Waals surface area (Å²) in [6.45, 7) is 0. The Kier molecular flexibility index (Phi) is 5.42. The van der Waals surface area contributed by atoms with Gasteiger partial charge in [-0.1, -0.05) is 60.7 Å². The van der Waals surface area contributed by atoms with Gasteiger partial charge in [0.05, 0.1) is 6.42 Å². The molecule has 0 fully saturated rings. The van der Waals surface area contributed by atoms with Gasteiger partial charge in [0, 0.05) is 5.56 Å². The molecule has 0 unspecified atom stereocenters. The normalized spacial score (nSPS) is 11.8. The van der Waals surface area contributed by atoms with Crippen LogP contribution in [-0.2, 0) is 11.2 Å². The average Bonchev–Trinajstić information content (AvgIpc) is 3.25. The number of carbonyl (C=O) groups is 1. The van der Waals surface area contributed by atoms with Crippen LogP contribution in [-0.4, -0.2) is 16.1 Å². The van der Waals surface area contributed by atoms with Crippen molar-refractivity contribution in [3.05, 3.63) is 108 Å². The highest BCUT2D eigenvalue weighted by atomic mass is 19.1. The van der Waals surface area contributed by atoms with E-state index in [1.807, 2.05) is 60.7 Å². The molecule has 6 heteroatoms. The third-order valence-electron chi connectivity index (χ3n) is 4.42. The molecule has 4 aromatic rings. The molecule has 0 radical (unpaired) electrons. The van der Waals surface area contributed by atoms with Gasteiger partial charge >= 0.3 is 0 Å². The molecule has 4 rings (SSSR count). The Morgan fingerprint density at radius 1 is 0.897 bits per heavy atom. The van der Waals surface area contributed by atoms with Crippen molar-refractivity contribution < 1.29 is 13.6 Å². The topological polar surface area (TPSA) is 68.0 Å². The van der Waals surface area contributed by atoms with E-state index in [4.69, 9.17) is 4.42 Å². The molecule has 144 valence electrons. The fraction of sp³-hybridized carbons (Fsp3) is 0.0870. The maximum atomic E-state index is 13.1. The zero-order valence-corrected chi connectivity index (χ0v) is 15.5. The second-order valence-electron chi connectivity index (χ2n) is 6.53. The first kappa shape index (κ1) is 18.6. The zero-order valence-electron chi connectivity index (χ0n) is 15.5. The summed E-state index contributed by atoms with van der Waals surface area (Å²) in [6, 6.07) is 24.1. The van der Waals surface area contributed by atoms with Crippen LogP contribution in [0.4, 0.5) is 4.39 Å². The molecule has 0 aliphatic carbocycles. The van der Waals surface area contributed by atoms with Crippen molar-refractivity contribution in [2.45, 2.75) is 12.5 Å². The lowest BCUT2D eigenvalue weighted by Gasteiger charge is -2.16. The van der Waals surface area contributed by atoms with Gasteiger partial charge in [-0.3, -0.25) is 4.79 Å². The highest BCUT2D eigenvalue weighted by Crippen LogP contribution is 2.25. The Bertz CT molecular complexity index is 1080. The van der Waals surface area contributed by atoms with Crippen molar-refractivity contribution in [1.29, 1.82) is 0 Å². The molecule has 29 heavy (non-hydrogen) atoms. The van der Waals surface area contributed by atoms with E-state index in [-0.39, 0.29) is 18.1 Å². The van der Waals surface area contributed by atoms with E-state index in [1.54, 1.807) is 12.1 Å². The summed E-state index contributed by atoms with van der Waals surface area (Å²) in [5.41, 5.74) is 2.34. The minimum Gasteiger partial charge on any atom is -0.418 e. The molecule has 1 N–H and O–H groups in total. The lowest BCUT2D eigenvalue weighted by Crippen LogP contribution is -2.30. The van der Waals surface area contributed by atoms with Crippen LogP contribution >= 0.6 is 0 Å². The molecule has 0 aliphatic rings. The Hall–Kier alpha value is -3.80. The van der Waals surface area contributed by atoms with Crippen molar-refractivity contribution >= 4 is 5.91 Å². The third kappa shape index (κ3) is 4.55. The number of hydrogen-bond donors (Lipinski definition) is 1. The zero-order chi connectivity index (χ0) is 20.1. The summed E-state index contributed by atoms with van der Waals surface area (Å²) >= 11 is 0. The van der Waals surface area contributed by atoms with E-state index in [0.29, 0.717) is 17.3 Å². The summed E-state index contributed by atoms with van der Waals surface area (Å²) in [7, 11) is 0. The summed E-state index contributed by atoms with van der Waals surface area (Å²) in [5.74, 6) is 0.109. The summed E-state index contributed by atoms with van der Waals surface area (Å²) in [6.07, 6.45) is 0.114. The van der Waals surface area contributed by atoms with Gasteiger partial charge in [0.2, 0.25) is 17.7 Å². The van der Waals surface area contributed by atoms with Crippen LogP contribution < -0.4 is 5.32 Å². The van der Waals surface area contributed by atoms with Crippen LogP contribution in [0.25, 0.3) is 11.5 Å². The van der Waals surface area contributed by atoms with E-state index in [1.165, 1.54) is 12.1 Å². The first-order chi connectivity index (χ1) is 14.2. The Balaban J connectivity index is 1.58. The number of benzene rings is 3. The quantitative estimate of drug-likeness (QED) is 0.535. The Morgan fingerprint density at radius 3 is 2.24 bits per heavy atom. The molecule has 0 bridgehead atoms. The minimum atomic E-state index is -0.589. The minimum absolute atomic E-state index is 0.114. The highest BCUT2D eigenvalue weighted by molar-refractivity contribution is 5.79. The van der Waals surface area contributed by atoms with Gasteiger partial charge in [-0.15, -0.1) is 10.2 Å². The molecular formula is C23H18FN3O2. The van der Waals surface area contributed by atoms with Crippen LogP contribution in [0, 0.1) is 5.82 Å². The fourth-order valence-corrected chi connectivity index (χ4v) is 2.98. The number of rotatable bonds is 6. The molecule has 1 heterocycles. The molecule has 0 aliphatic heterocycles. The number of nitrogens with one attached hydrogen (secondary N) is 1. The van der Waals surface area contributed by atoms with Gasteiger partial charge in [0.15, 0.2) is 0 Å². The van der Waals surface area contributed by atoms with Crippen molar-refractivity contribution in [3.8, 4) is 11.5 Å². The third-order valence-corrected chi connectivity index (χ3v) is 4.42. The summed E-state index contributed by atoms with van der Waals surface area (Å²) < 4.78 is 19.0. The van der Waals surface area contributed by atoms with Crippen LogP contribution in [0.5, 0.6) is 0 Å². The summed E-state index contributed by atoms with van der Waals surface area (Å²) in [4.78, 5) is 12.6. The lowest BCUT2D eigenvalue weighted by atomic mass is 10.1. The maximum Gasteiger partial charge on any atom is 0.247 e. The summed E-state index contributed by atoms with van der Waals surface area (Å²) in [5, 5.41) is 11.2. The second kappa shape index (κ2) is 8.48. The van der Waals surface area contributed by atoms with Crippen molar-refractivity contribution in [2.24, 2.45) is 0 Å². The van der Waals surface area contributed by atoms with E-state index in [2.05, 4.69) is 15.5 Å². The van der Waals surface area contributed by atoms with Gasteiger partial charge in [-0.2, -0.15) is 0 Å². The molecule has 1 aromatic heterocycles. The largest absolute Gasteiger partial charge is 0.418 e. The first-order valence-electron chi connectivity index (χ1n) is 9.16. The standard InChI is InChI=1S/C23H18FN3O2/c24-19-13-11-16(12-14-19)15-20(28)25-21(17-7-3-1-4-8-17)23-27-26-22(29-23)18-9-5-2-6-10-18/h1-14,21H,15H2,(H,25,28)/t21-/m1/s1. The number of hydrogen-bond acceptors (Lipinski definition) is 4. The van der Waals surface area contributed by atoms with Crippen LogP contribution in [0.2, 0.25) is 0 Å². The average molecular weight is 387 g/mol. The Labute approximate surface area is 167 Å². The van der Waals surface area contributed by atoms with Gasteiger partial charge in [0.1, 0.15) is 11.9 Å². The predicted molar refractivity (Wildman–Crippen MR) is 106 cm³/mol. The van der Waals surface area contributed by atoms with E-state index in [9.17, 15) is 9.18 Å². The number of halogens is 1. The van der Waals surface area contributed by atoms with E-state index in [0.717, 1.165) is 11.1 Å². The van der Waals surface area contributed by atoms with Crippen LogP contribution in [0.15, 0.2) is 89.3 Å². The monoisotopic (exact) mass is 387 g/mol. The number of carbonyl (C=O) groups excluding carboxylic acids is 1. The predicted octanol–water partition coefficient (Wildman–Crippen LogP) is 4.32. The highest BCUT2D eigenvalue weighted by Gasteiger charge is 2.23. The number of nitrogens with zero attached hydrogens (tertiary/aromatic N) is 2. The molecule has 0 saturated carbocycles. The van der Waals surface area contributed by atoms with E-state index < -0.39 is 6.04 Å². The molecule has 0 spiro atoms. The Morgan fingerprint density at radius 2 is 1.55 bits per heavy atom. The van der Waals surface area contributed by atoms with Crippen molar-refractivity contribution in [1.82, 2.24) is 15.5 Å².